The molecule has 0 aliphatic carbocycles. The fraction of sp³-hybridized carbons (Fsp3) is 0.300. The van der Waals surface area contributed by atoms with Crippen LogP contribution in [0.5, 0.6) is 5.75 Å². The van der Waals surface area contributed by atoms with Gasteiger partial charge in [0, 0.05) is 12.6 Å². The second-order valence-corrected chi connectivity index (χ2v) is 5.84. The zero-order valence-electron chi connectivity index (χ0n) is 15.1. The first-order valence-electron chi connectivity index (χ1n) is 8.26. The summed E-state index contributed by atoms with van der Waals surface area (Å²) in [7, 11) is 1.55. The number of nitrogens with one attached hydrogen (secondary N) is 1. The predicted molar refractivity (Wildman–Crippen MR) is 100 cm³/mol. The highest BCUT2D eigenvalue weighted by Crippen LogP contribution is 2.29. The first-order valence-corrected chi connectivity index (χ1v) is 8.26. The monoisotopic (exact) mass is 340 g/mol. The van der Waals surface area contributed by atoms with E-state index < -0.39 is 0 Å². The highest BCUT2D eigenvalue weighted by atomic mass is 16.5. The van der Waals surface area contributed by atoms with Crippen LogP contribution < -0.4 is 15.0 Å². The molecule has 5 heteroatoms. The highest BCUT2D eigenvalue weighted by molar-refractivity contribution is 6.02. The summed E-state index contributed by atoms with van der Waals surface area (Å²) < 4.78 is 5.34. The van der Waals surface area contributed by atoms with Crippen molar-refractivity contribution in [3.8, 4) is 5.75 Å². The van der Waals surface area contributed by atoms with E-state index in [1.54, 1.807) is 13.2 Å². The average molecular weight is 340 g/mol. The minimum Gasteiger partial charge on any atom is -0.495 e. The van der Waals surface area contributed by atoms with Crippen LogP contribution >= 0.6 is 0 Å². The molecule has 0 bridgehead atoms. The van der Waals surface area contributed by atoms with Gasteiger partial charge in [-0.15, -0.1) is 0 Å². The Balaban J connectivity index is 2.24. The van der Waals surface area contributed by atoms with Crippen LogP contribution in [0, 0.1) is 6.92 Å². The van der Waals surface area contributed by atoms with Crippen LogP contribution in [-0.4, -0.2) is 25.5 Å². The SMILES string of the molecule is CCc1ccccc1NC(=O)CN(C(C)=O)c1cc(C)ccc1OC. The topological polar surface area (TPSA) is 58.6 Å². The van der Waals surface area contributed by atoms with Gasteiger partial charge in [0.05, 0.1) is 12.8 Å². The molecule has 2 rings (SSSR count). The molecule has 0 aromatic heterocycles. The number of methoxy groups -OCH3 is 1. The molecule has 0 spiro atoms. The number of carbonyl (C=O) groups is 2. The summed E-state index contributed by atoms with van der Waals surface area (Å²) in [6, 6.07) is 13.2. The molecular weight excluding hydrogens is 316 g/mol. The molecule has 2 aromatic carbocycles. The Bertz CT molecular complexity index is 771. The number of para-hydroxylation sites is 1. The van der Waals surface area contributed by atoms with Crippen molar-refractivity contribution in [2.45, 2.75) is 27.2 Å². The van der Waals surface area contributed by atoms with E-state index in [9.17, 15) is 9.59 Å². The van der Waals surface area contributed by atoms with Crippen molar-refractivity contribution in [2.24, 2.45) is 0 Å². The average Bonchev–Trinajstić information content (AvgIpc) is 2.60. The summed E-state index contributed by atoms with van der Waals surface area (Å²) in [5.41, 5.74) is 3.40. The maximum Gasteiger partial charge on any atom is 0.244 e. The Morgan fingerprint density at radius 1 is 1.16 bits per heavy atom. The van der Waals surface area contributed by atoms with Crippen LogP contribution in [0.2, 0.25) is 0 Å². The van der Waals surface area contributed by atoms with Gasteiger partial charge in [-0.05, 0) is 42.7 Å². The fourth-order valence-electron chi connectivity index (χ4n) is 2.66. The maximum atomic E-state index is 12.5. The van der Waals surface area contributed by atoms with Gasteiger partial charge < -0.3 is 10.1 Å². The molecule has 0 saturated carbocycles. The molecule has 0 atom stereocenters. The quantitative estimate of drug-likeness (QED) is 0.875. The van der Waals surface area contributed by atoms with Gasteiger partial charge in [0.2, 0.25) is 11.8 Å². The number of aryl methyl sites for hydroxylation is 2. The second-order valence-electron chi connectivity index (χ2n) is 5.84. The Kier molecular flexibility index (Phi) is 6.17. The van der Waals surface area contributed by atoms with Gasteiger partial charge in [0.15, 0.2) is 0 Å². The summed E-state index contributed by atoms with van der Waals surface area (Å²) in [4.78, 5) is 26.1. The number of hydrogen-bond acceptors (Lipinski definition) is 3. The molecule has 1 N–H and O–H groups in total. The molecular formula is C20H24N2O3. The van der Waals surface area contributed by atoms with Gasteiger partial charge in [-0.3, -0.25) is 14.5 Å². The third kappa shape index (κ3) is 4.59. The lowest BCUT2D eigenvalue weighted by atomic mass is 10.1. The van der Waals surface area contributed by atoms with Crippen molar-refractivity contribution in [1.29, 1.82) is 0 Å². The molecule has 25 heavy (non-hydrogen) atoms. The number of benzene rings is 2. The number of amides is 2. The van der Waals surface area contributed by atoms with Crippen LogP contribution in [0.3, 0.4) is 0 Å². The summed E-state index contributed by atoms with van der Waals surface area (Å²) in [5.74, 6) is 0.0880. The van der Waals surface area contributed by atoms with Crippen molar-refractivity contribution in [3.63, 3.8) is 0 Å². The van der Waals surface area contributed by atoms with Gasteiger partial charge in [0.1, 0.15) is 12.3 Å². The lowest BCUT2D eigenvalue weighted by Gasteiger charge is -2.23. The predicted octanol–water partition coefficient (Wildman–Crippen LogP) is 3.56. The molecule has 2 aromatic rings. The summed E-state index contributed by atoms with van der Waals surface area (Å²) in [6.07, 6.45) is 0.818. The lowest BCUT2D eigenvalue weighted by molar-refractivity contribution is -0.120. The number of carbonyl (C=O) groups excluding carboxylic acids is 2. The Morgan fingerprint density at radius 2 is 1.88 bits per heavy atom. The molecule has 0 radical (unpaired) electrons. The third-order valence-electron chi connectivity index (χ3n) is 3.98. The van der Waals surface area contributed by atoms with Gasteiger partial charge in [-0.1, -0.05) is 31.2 Å². The Labute approximate surface area is 148 Å². The molecule has 0 saturated heterocycles. The zero-order chi connectivity index (χ0) is 18.4. The molecule has 5 nitrogen and oxygen atoms in total. The molecule has 132 valence electrons. The maximum absolute atomic E-state index is 12.5. The fourth-order valence-corrected chi connectivity index (χ4v) is 2.66. The Morgan fingerprint density at radius 3 is 2.52 bits per heavy atom. The van der Waals surface area contributed by atoms with Crippen LogP contribution in [0.15, 0.2) is 42.5 Å². The molecule has 2 amide bonds. The highest BCUT2D eigenvalue weighted by Gasteiger charge is 2.20. The van der Waals surface area contributed by atoms with E-state index >= 15 is 0 Å². The van der Waals surface area contributed by atoms with Gasteiger partial charge >= 0.3 is 0 Å². The summed E-state index contributed by atoms with van der Waals surface area (Å²) in [6.45, 7) is 5.32. The second kappa shape index (κ2) is 8.33. The van der Waals surface area contributed by atoms with Crippen molar-refractivity contribution in [2.75, 3.05) is 23.9 Å². The first kappa shape index (κ1) is 18.5. The molecule has 0 aliphatic rings. The summed E-state index contributed by atoms with van der Waals surface area (Å²) in [5, 5.41) is 2.90. The number of rotatable bonds is 6. The van der Waals surface area contributed by atoms with E-state index in [0.29, 0.717) is 11.4 Å². The molecule has 0 aliphatic heterocycles. The number of anilines is 2. The number of ether oxygens (including phenoxy) is 1. The van der Waals surface area contributed by atoms with E-state index in [1.165, 1.54) is 11.8 Å². The minimum atomic E-state index is -0.250. The van der Waals surface area contributed by atoms with Crippen molar-refractivity contribution >= 4 is 23.2 Å². The van der Waals surface area contributed by atoms with Crippen molar-refractivity contribution in [3.05, 3.63) is 53.6 Å². The van der Waals surface area contributed by atoms with Crippen LogP contribution in [0.25, 0.3) is 0 Å². The van der Waals surface area contributed by atoms with Crippen molar-refractivity contribution < 1.29 is 14.3 Å². The first-order chi connectivity index (χ1) is 12.0. The number of nitrogens with zero attached hydrogens (tertiary/aromatic N) is 1. The van der Waals surface area contributed by atoms with E-state index in [4.69, 9.17) is 4.74 Å². The van der Waals surface area contributed by atoms with E-state index in [2.05, 4.69) is 5.32 Å². The van der Waals surface area contributed by atoms with E-state index in [1.807, 2.05) is 50.2 Å². The molecule has 0 unspecified atom stereocenters. The summed E-state index contributed by atoms with van der Waals surface area (Å²) >= 11 is 0. The van der Waals surface area contributed by atoms with Gasteiger partial charge in [-0.25, -0.2) is 0 Å². The van der Waals surface area contributed by atoms with Crippen LogP contribution in [0.4, 0.5) is 11.4 Å². The van der Waals surface area contributed by atoms with E-state index in [-0.39, 0.29) is 18.4 Å². The lowest BCUT2D eigenvalue weighted by Crippen LogP contribution is -2.37. The smallest absolute Gasteiger partial charge is 0.244 e. The van der Waals surface area contributed by atoms with Gasteiger partial charge in [-0.2, -0.15) is 0 Å². The van der Waals surface area contributed by atoms with Gasteiger partial charge in [0.25, 0.3) is 0 Å². The number of hydrogen-bond donors (Lipinski definition) is 1. The zero-order valence-corrected chi connectivity index (χ0v) is 15.1. The normalized spacial score (nSPS) is 10.2. The van der Waals surface area contributed by atoms with Crippen LogP contribution in [0.1, 0.15) is 25.0 Å². The van der Waals surface area contributed by atoms with Crippen molar-refractivity contribution in [1.82, 2.24) is 0 Å². The largest absolute Gasteiger partial charge is 0.495 e. The Hall–Kier alpha value is -2.82. The minimum absolute atomic E-state index is 0.0762. The standard InChI is InChI=1S/C20H24N2O3/c1-5-16-8-6-7-9-17(16)21-20(24)13-22(15(3)23)18-12-14(2)10-11-19(18)25-4/h6-12H,5,13H2,1-4H3,(H,21,24). The molecule has 0 heterocycles. The van der Waals surface area contributed by atoms with E-state index in [0.717, 1.165) is 23.2 Å². The molecule has 0 fully saturated rings. The van der Waals surface area contributed by atoms with Crippen LogP contribution in [-0.2, 0) is 16.0 Å². The third-order valence-corrected chi connectivity index (χ3v) is 3.98.